The standard InChI is InChI=1S/C11H11N3O/c12-11-7-9(1-4-13-11)8-14-5-2-10(15)3-6-14/h1-7H,8H2,(H2,12,13). The Kier molecular flexibility index (Phi) is 2.49. The van der Waals surface area contributed by atoms with E-state index in [0.29, 0.717) is 12.4 Å². The number of nitrogens with two attached hydrogens (primary N) is 1. The van der Waals surface area contributed by atoms with Gasteiger partial charge < -0.3 is 10.3 Å². The Morgan fingerprint density at radius 1 is 1.27 bits per heavy atom. The quantitative estimate of drug-likeness (QED) is 0.784. The molecule has 0 aliphatic carbocycles. The molecular weight excluding hydrogens is 190 g/mol. The van der Waals surface area contributed by atoms with Crippen LogP contribution in [0, 0.1) is 0 Å². The van der Waals surface area contributed by atoms with Crippen LogP contribution in [-0.4, -0.2) is 9.55 Å². The molecule has 0 unspecified atom stereocenters. The normalized spacial score (nSPS) is 10.1. The van der Waals surface area contributed by atoms with Gasteiger partial charge in [-0.15, -0.1) is 0 Å². The van der Waals surface area contributed by atoms with Gasteiger partial charge in [0.25, 0.3) is 0 Å². The summed E-state index contributed by atoms with van der Waals surface area (Å²) in [5.41, 5.74) is 6.64. The lowest BCUT2D eigenvalue weighted by Gasteiger charge is -2.05. The fourth-order valence-corrected chi connectivity index (χ4v) is 1.35. The first kappa shape index (κ1) is 9.45. The van der Waals surface area contributed by atoms with Crippen LogP contribution in [0.2, 0.25) is 0 Å². The minimum absolute atomic E-state index is 0.0143. The first-order chi connectivity index (χ1) is 7.24. The van der Waals surface area contributed by atoms with Gasteiger partial charge in [0.05, 0.1) is 0 Å². The molecule has 0 radical (unpaired) electrons. The number of hydrogen-bond donors (Lipinski definition) is 1. The summed E-state index contributed by atoms with van der Waals surface area (Å²) in [7, 11) is 0. The molecule has 0 spiro atoms. The Morgan fingerprint density at radius 3 is 2.67 bits per heavy atom. The van der Waals surface area contributed by atoms with Crippen LogP contribution in [-0.2, 0) is 6.54 Å². The monoisotopic (exact) mass is 201 g/mol. The second-order valence-corrected chi connectivity index (χ2v) is 3.30. The van der Waals surface area contributed by atoms with Crippen LogP contribution >= 0.6 is 0 Å². The number of rotatable bonds is 2. The number of pyridine rings is 2. The molecule has 0 atom stereocenters. The SMILES string of the molecule is Nc1cc(Cn2ccc(=O)cc2)ccn1. The Hall–Kier alpha value is -2.10. The highest BCUT2D eigenvalue weighted by Gasteiger charge is 1.94. The summed E-state index contributed by atoms with van der Waals surface area (Å²) < 4.78 is 1.91. The summed E-state index contributed by atoms with van der Waals surface area (Å²) in [5, 5.41) is 0. The lowest BCUT2D eigenvalue weighted by atomic mass is 10.2. The summed E-state index contributed by atoms with van der Waals surface area (Å²) in [6.45, 7) is 0.687. The highest BCUT2D eigenvalue weighted by atomic mass is 16.1. The molecule has 4 heteroatoms. The molecule has 0 amide bonds. The average molecular weight is 201 g/mol. The molecule has 0 aliphatic rings. The molecule has 2 rings (SSSR count). The van der Waals surface area contributed by atoms with Gasteiger partial charge in [0.15, 0.2) is 5.43 Å². The molecule has 0 saturated carbocycles. The maximum atomic E-state index is 10.9. The van der Waals surface area contributed by atoms with Crippen LogP contribution in [0.15, 0.2) is 47.7 Å². The Balaban J connectivity index is 2.22. The highest BCUT2D eigenvalue weighted by Crippen LogP contribution is 2.04. The topological polar surface area (TPSA) is 60.9 Å². The third-order valence-corrected chi connectivity index (χ3v) is 2.07. The minimum Gasteiger partial charge on any atom is -0.384 e. The van der Waals surface area contributed by atoms with Gasteiger partial charge in [-0.1, -0.05) is 0 Å². The predicted octanol–water partition coefficient (Wildman–Crippen LogP) is 0.874. The third kappa shape index (κ3) is 2.43. The van der Waals surface area contributed by atoms with Crippen molar-refractivity contribution in [3.05, 3.63) is 58.6 Å². The van der Waals surface area contributed by atoms with Crippen LogP contribution in [0.25, 0.3) is 0 Å². The van der Waals surface area contributed by atoms with E-state index in [2.05, 4.69) is 4.98 Å². The molecule has 0 bridgehead atoms. The van der Waals surface area contributed by atoms with E-state index in [4.69, 9.17) is 5.73 Å². The first-order valence-corrected chi connectivity index (χ1v) is 4.60. The molecule has 4 nitrogen and oxygen atoms in total. The van der Waals surface area contributed by atoms with E-state index in [1.807, 2.05) is 16.7 Å². The number of anilines is 1. The van der Waals surface area contributed by atoms with E-state index in [1.165, 1.54) is 12.1 Å². The van der Waals surface area contributed by atoms with Gasteiger partial charge in [0, 0.05) is 37.3 Å². The molecular formula is C11H11N3O. The van der Waals surface area contributed by atoms with Gasteiger partial charge in [-0.2, -0.15) is 0 Å². The summed E-state index contributed by atoms with van der Waals surface area (Å²) in [6, 6.07) is 6.78. The zero-order valence-electron chi connectivity index (χ0n) is 8.13. The van der Waals surface area contributed by atoms with Gasteiger partial charge in [-0.05, 0) is 17.7 Å². The second kappa shape index (κ2) is 3.96. The molecule has 2 heterocycles. The van der Waals surface area contributed by atoms with Gasteiger partial charge in [0.1, 0.15) is 5.82 Å². The largest absolute Gasteiger partial charge is 0.384 e. The van der Waals surface area contributed by atoms with E-state index in [1.54, 1.807) is 18.6 Å². The highest BCUT2D eigenvalue weighted by molar-refractivity contribution is 5.31. The summed E-state index contributed by atoms with van der Waals surface area (Å²) in [6.07, 6.45) is 5.17. The predicted molar refractivity (Wildman–Crippen MR) is 58.5 cm³/mol. The molecule has 76 valence electrons. The van der Waals surface area contributed by atoms with E-state index < -0.39 is 0 Å². The van der Waals surface area contributed by atoms with Crippen molar-refractivity contribution < 1.29 is 0 Å². The fraction of sp³-hybridized carbons (Fsp3) is 0.0909. The third-order valence-electron chi connectivity index (χ3n) is 2.07. The van der Waals surface area contributed by atoms with Gasteiger partial charge in [-0.3, -0.25) is 4.79 Å². The number of aromatic nitrogens is 2. The van der Waals surface area contributed by atoms with Crippen LogP contribution in [0.5, 0.6) is 0 Å². The maximum absolute atomic E-state index is 10.9. The average Bonchev–Trinajstić information content (AvgIpc) is 2.22. The van der Waals surface area contributed by atoms with Crippen molar-refractivity contribution in [2.24, 2.45) is 0 Å². The zero-order valence-corrected chi connectivity index (χ0v) is 8.13. The molecule has 2 aromatic rings. The van der Waals surface area contributed by atoms with Crippen LogP contribution in [0.3, 0.4) is 0 Å². The van der Waals surface area contributed by atoms with Crippen molar-refractivity contribution in [2.45, 2.75) is 6.54 Å². The molecule has 2 aromatic heterocycles. The molecule has 0 fully saturated rings. The zero-order chi connectivity index (χ0) is 10.7. The van der Waals surface area contributed by atoms with Crippen LogP contribution < -0.4 is 11.2 Å². The van der Waals surface area contributed by atoms with E-state index >= 15 is 0 Å². The molecule has 0 saturated heterocycles. The minimum atomic E-state index is 0.0143. The number of hydrogen-bond acceptors (Lipinski definition) is 3. The van der Waals surface area contributed by atoms with Crippen molar-refractivity contribution in [2.75, 3.05) is 5.73 Å². The fourth-order valence-electron chi connectivity index (χ4n) is 1.35. The summed E-state index contributed by atoms with van der Waals surface area (Å²) in [4.78, 5) is 14.8. The lowest BCUT2D eigenvalue weighted by molar-refractivity contribution is 0.788. The molecule has 15 heavy (non-hydrogen) atoms. The van der Waals surface area contributed by atoms with Crippen LogP contribution in [0.4, 0.5) is 5.82 Å². The van der Waals surface area contributed by atoms with Crippen molar-refractivity contribution in [3.8, 4) is 0 Å². The Morgan fingerprint density at radius 2 is 2.00 bits per heavy atom. The Bertz CT molecular complexity index is 499. The van der Waals surface area contributed by atoms with Crippen molar-refractivity contribution >= 4 is 5.82 Å². The van der Waals surface area contributed by atoms with Gasteiger partial charge in [0.2, 0.25) is 0 Å². The number of nitrogens with zero attached hydrogens (tertiary/aromatic N) is 2. The lowest BCUT2D eigenvalue weighted by Crippen LogP contribution is -2.05. The van der Waals surface area contributed by atoms with E-state index in [0.717, 1.165) is 5.56 Å². The second-order valence-electron chi connectivity index (χ2n) is 3.30. The summed E-state index contributed by atoms with van der Waals surface area (Å²) >= 11 is 0. The van der Waals surface area contributed by atoms with Gasteiger partial charge in [-0.25, -0.2) is 4.98 Å². The van der Waals surface area contributed by atoms with Crippen molar-refractivity contribution in [3.63, 3.8) is 0 Å². The van der Waals surface area contributed by atoms with Gasteiger partial charge >= 0.3 is 0 Å². The van der Waals surface area contributed by atoms with E-state index in [9.17, 15) is 4.79 Å². The van der Waals surface area contributed by atoms with Crippen LogP contribution in [0.1, 0.15) is 5.56 Å². The van der Waals surface area contributed by atoms with Crippen molar-refractivity contribution in [1.82, 2.24) is 9.55 Å². The van der Waals surface area contributed by atoms with E-state index in [-0.39, 0.29) is 5.43 Å². The maximum Gasteiger partial charge on any atom is 0.181 e. The van der Waals surface area contributed by atoms with Crippen molar-refractivity contribution in [1.29, 1.82) is 0 Å². The number of nitrogen functional groups attached to an aromatic ring is 1. The molecule has 0 aromatic carbocycles. The summed E-state index contributed by atoms with van der Waals surface area (Å²) in [5.74, 6) is 0.508. The smallest absolute Gasteiger partial charge is 0.181 e. The molecule has 2 N–H and O–H groups in total. The first-order valence-electron chi connectivity index (χ1n) is 4.60. The Labute approximate surface area is 87.0 Å². The molecule has 0 aliphatic heterocycles.